The van der Waals surface area contributed by atoms with Crippen LogP contribution in [0.4, 0.5) is 5.69 Å². The Morgan fingerprint density at radius 2 is 2.12 bits per heavy atom. The fourth-order valence-corrected chi connectivity index (χ4v) is 3.05. The summed E-state index contributed by atoms with van der Waals surface area (Å²) in [6.07, 6.45) is 6.14. The zero-order valence-corrected chi connectivity index (χ0v) is 14.6. The quantitative estimate of drug-likeness (QED) is 0.848. The number of aliphatic imine (C=N–C) groups is 1. The Kier molecular flexibility index (Phi) is 5.59. The molecule has 3 rings (SSSR count). The van der Waals surface area contributed by atoms with Crippen molar-refractivity contribution in [3.63, 3.8) is 0 Å². The minimum Gasteiger partial charge on any atom is -0.377 e. The highest BCUT2D eigenvalue weighted by Gasteiger charge is 2.27. The van der Waals surface area contributed by atoms with Crippen LogP contribution in [0.3, 0.4) is 0 Å². The zero-order chi connectivity index (χ0) is 16.6. The van der Waals surface area contributed by atoms with Crippen LogP contribution in [0.25, 0.3) is 5.70 Å². The van der Waals surface area contributed by atoms with Crippen molar-refractivity contribution in [1.29, 1.82) is 0 Å². The Balaban J connectivity index is 0.00000208. The van der Waals surface area contributed by atoms with Crippen molar-refractivity contribution < 1.29 is 4.79 Å². The Hall–Kier alpha value is -1.95. The van der Waals surface area contributed by atoms with E-state index >= 15 is 0 Å². The maximum atomic E-state index is 12.6. The van der Waals surface area contributed by atoms with Gasteiger partial charge in [-0.15, -0.1) is 0 Å². The van der Waals surface area contributed by atoms with Gasteiger partial charge in [-0.1, -0.05) is 19.6 Å². The summed E-state index contributed by atoms with van der Waals surface area (Å²) < 4.78 is 0.603. The maximum Gasteiger partial charge on any atom is 0.180 e. The molecule has 2 heterocycles. The molecule has 24 heavy (non-hydrogen) atoms. The monoisotopic (exact) mass is 346 g/mol. The van der Waals surface area contributed by atoms with Crippen LogP contribution in [0.1, 0.15) is 32.8 Å². The Morgan fingerprint density at radius 1 is 1.42 bits per heavy atom. The van der Waals surface area contributed by atoms with Crippen molar-refractivity contribution >= 4 is 35.7 Å². The number of aromatic nitrogens is 1. The van der Waals surface area contributed by atoms with E-state index in [0.29, 0.717) is 28.4 Å². The molecule has 1 aromatic rings. The summed E-state index contributed by atoms with van der Waals surface area (Å²) in [6.45, 7) is 3.16. The molecule has 0 unspecified atom stereocenters. The van der Waals surface area contributed by atoms with E-state index in [9.17, 15) is 4.79 Å². The van der Waals surface area contributed by atoms with E-state index in [1.807, 2.05) is 49.4 Å². The van der Waals surface area contributed by atoms with Crippen molar-refractivity contribution in [1.82, 2.24) is 9.88 Å². The van der Waals surface area contributed by atoms with Crippen molar-refractivity contribution in [2.24, 2.45) is 10.9 Å². The second-order valence-electron chi connectivity index (χ2n) is 6.48. The summed E-state index contributed by atoms with van der Waals surface area (Å²) in [4.78, 5) is 24.3. The topological polar surface area (TPSA) is 51.7 Å². The lowest BCUT2D eigenvalue weighted by Crippen LogP contribution is -2.29. The Morgan fingerprint density at radius 3 is 2.75 bits per heavy atom. The number of rotatable bonds is 4. The summed E-state index contributed by atoms with van der Waals surface area (Å²) in [5.41, 5.74) is 3.14. The lowest BCUT2D eigenvalue weighted by Gasteiger charge is -2.18. The number of nitrogens with zero attached hydrogens (tertiary/aromatic N) is 3. The SMILES string of the molecule is C.CC1=C(c2c(N(C)C)cc[nH]c2=S)N=CN(CC2CC2)CC1=O. The largest absolute Gasteiger partial charge is 0.377 e. The Bertz CT molecular complexity index is 744. The van der Waals surface area contributed by atoms with Crippen LogP contribution in [0.2, 0.25) is 0 Å². The second kappa shape index (κ2) is 7.30. The van der Waals surface area contributed by atoms with Gasteiger partial charge in [0.1, 0.15) is 4.64 Å². The first-order chi connectivity index (χ1) is 11.0. The second-order valence-corrected chi connectivity index (χ2v) is 6.88. The third kappa shape index (κ3) is 3.75. The van der Waals surface area contributed by atoms with Gasteiger partial charge in [-0.25, -0.2) is 4.99 Å². The summed E-state index contributed by atoms with van der Waals surface area (Å²) >= 11 is 5.47. The summed E-state index contributed by atoms with van der Waals surface area (Å²) in [6, 6.07) is 1.96. The van der Waals surface area contributed by atoms with Crippen molar-refractivity contribution in [3.8, 4) is 0 Å². The van der Waals surface area contributed by atoms with Gasteiger partial charge >= 0.3 is 0 Å². The van der Waals surface area contributed by atoms with Gasteiger partial charge in [0, 0.05) is 32.4 Å². The predicted molar refractivity (Wildman–Crippen MR) is 103 cm³/mol. The number of Topliss-reactive ketones (excluding diaryl/α,β-unsaturated/α-hetero) is 1. The molecule has 1 aliphatic heterocycles. The molecule has 2 aliphatic rings. The molecule has 0 aromatic carbocycles. The number of hydrogen-bond donors (Lipinski definition) is 1. The van der Waals surface area contributed by atoms with Crippen molar-refractivity contribution in [3.05, 3.63) is 28.0 Å². The van der Waals surface area contributed by atoms with E-state index in [4.69, 9.17) is 12.2 Å². The molecular weight excluding hydrogens is 320 g/mol. The van der Waals surface area contributed by atoms with Gasteiger partial charge in [0.15, 0.2) is 5.78 Å². The number of anilines is 1. The molecule has 0 atom stereocenters. The maximum absolute atomic E-state index is 12.6. The predicted octanol–water partition coefficient (Wildman–Crippen LogP) is 3.50. The highest BCUT2D eigenvalue weighted by Crippen LogP contribution is 2.32. The van der Waals surface area contributed by atoms with Crippen molar-refractivity contribution in [2.75, 3.05) is 32.1 Å². The van der Waals surface area contributed by atoms with E-state index in [2.05, 4.69) is 9.98 Å². The smallest absolute Gasteiger partial charge is 0.180 e. The van der Waals surface area contributed by atoms with E-state index in [-0.39, 0.29) is 13.2 Å². The summed E-state index contributed by atoms with van der Waals surface area (Å²) in [5, 5.41) is 0. The average molecular weight is 347 g/mol. The number of H-pyrrole nitrogens is 1. The molecule has 0 saturated heterocycles. The van der Waals surface area contributed by atoms with Gasteiger partial charge in [-0.3, -0.25) is 4.79 Å². The van der Waals surface area contributed by atoms with E-state index < -0.39 is 0 Å². The van der Waals surface area contributed by atoms with E-state index in [1.165, 1.54) is 12.8 Å². The fraction of sp³-hybridized carbons (Fsp3) is 0.500. The number of pyridine rings is 1. The lowest BCUT2D eigenvalue weighted by molar-refractivity contribution is -0.115. The molecule has 1 N–H and O–H groups in total. The standard InChI is InChI=1S/C17H22N4OS.CH4/c1-11-14(22)9-21(8-12-4-5-12)10-19-16(11)15-13(20(2)3)6-7-18-17(15)23;/h6-7,10,12H,4-5,8-9H2,1-3H3,(H,18,23);1H4. The molecular formula is C18H26N4OS. The van der Waals surface area contributed by atoms with Gasteiger partial charge in [-0.05, 0) is 31.7 Å². The molecule has 0 amide bonds. The molecule has 130 valence electrons. The van der Waals surface area contributed by atoms with E-state index in [1.54, 1.807) is 0 Å². The lowest BCUT2D eigenvalue weighted by atomic mass is 10.0. The third-order valence-corrected chi connectivity index (χ3v) is 4.64. The first-order valence-electron chi connectivity index (χ1n) is 7.89. The molecule has 1 fully saturated rings. The van der Waals surface area contributed by atoms with Crippen LogP contribution < -0.4 is 4.90 Å². The van der Waals surface area contributed by atoms with Crippen LogP contribution in [0.5, 0.6) is 0 Å². The first kappa shape index (κ1) is 18.4. The molecule has 0 spiro atoms. The minimum atomic E-state index is 0. The van der Waals surface area contributed by atoms with Crippen molar-refractivity contribution in [2.45, 2.75) is 27.2 Å². The van der Waals surface area contributed by atoms with Crippen LogP contribution in [-0.4, -0.2) is 49.2 Å². The number of aromatic amines is 1. The fourth-order valence-electron chi connectivity index (χ4n) is 2.78. The van der Waals surface area contributed by atoms with Gasteiger partial charge in [-0.2, -0.15) is 0 Å². The highest BCUT2D eigenvalue weighted by molar-refractivity contribution is 7.71. The van der Waals surface area contributed by atoms with Gasteiger partial charge in [0.2, 0.25) is 0 Å². The zero-order valence-electron chi connectivity index (χ0n) is 13.8. The van der Waals surface area contributed by atoms with Gasteiger partial charge in [0.25, 0.3) is 0 Å². The molecule has 5 nitrogen and oxygen atoms in total. The Labute approximate surface area is 149 Å². The summed E-state index contributed by atoms with van der Waals surface area (Å²) in [5.74, 6) is 0.828. The third-order valence-electron chi connectivity index (χ3n) is 4.32. The summed E-state index contributed by atoms with van der Waals surface area (Å²) in [7, 11) is 3.93. The number of carbonyl (C=O) groups excluding carboxylic acids is 1. The van der Waals surface area contributed by atoms with Crippen LogP contribution >= 0.6 is 12.2 Å². The highest BCUT2D eigenvalue weighted by atomic mass is 32.1. The average Bonchev–Trinajstić information content (AvgIpc) is 3.32. The minimum absolute atomic E-state index is 0. The van der Waals surface area contributed by atoms with Gasteiger partial charge < -0.3 is 14.8 Å². The number of carbonyl (C=O) groups is 1. The molecule has 1 aliphatic carbocycles. The first-order valence-corrected chi connectivity index (χ1v) is 8.30. The number of hydrogen-bond acceptors (Lipinski definition) is 5. The van der Waals surface area contributed by atoms with Crippen LogP contribution in [0, 0.1) is 10.6 Å². The molecule has 0 bridgehead atoms. The molecule has 6 heteroatoms. The van der Waals surface area contributed by atoms with Crippen LogP contribution in [0.15, 0.2) is 22.8 Å². The molecule has 1 aromatic heterocycles. The van der Waals surface area contributed by atoms with E-state index in [0.717, 1.165) is 17.8 Å². The normalized spacial score (nSPS) is 17.6. The van der Waals surface area contributed by atoms with Gasteiger partial charge in [0.05, 0.1) is 29.8 Å². The molecule has 1 saturated carbocycles. The molecule has 0 radical (unpaired) electrons. The van der Waals surface area contributed by atoms with Crippen LogP contribution in [-0.2, 0) is 4.79 Å². The number of ketones is 1. The number of nitrogens with one attached hydrogen (secondary N) is 1.